The minimum Gasteiger partial charge on any atom is -0.292 e. The molecule has 2 nitrogen and oxygen atoms in total. The summed E-state index contributed by atoms with van der Waals surface area (Å²) < 4.78 is 36.2. The van der Waals surface area contributed by atoms with Crippen LogP contribution in [-0.4, -0.2) is 12.8 Å². The van der Waals surface area contributed by atoms with Gasteiger partial charge < -0.3 is 0 Å². The van der Waals surface area contributed by atoms with Gasteiger partial charge in [-0.15, -0.1) is 0 Å². The zero-order chi connectivity index (χ0) is 14.5. The van der Waals surface area contributed by atoms with E-state index in [4.69, 9.17) is 0 Å². The first-order chi connectivity index (χ1) is 8.67. The number of halogens is 3. The number of hydrogen-bond donors (Lipinski definition) is 1. The Kier molecular flexibility index (Phi) is 5.38. The zero-order valence-corrected chi connectivity index (χ0v) is 11.4. The first-order valence-electron chi connectivity index (χ1n) is 6.16. The third-order valence-corrected chi connectivity index (χ3v) is 2.48. The van der Waals surface area contributed by atoms with Crippen molar-refractivity contribution in [3.63, 3.8) is 0 Å². The van der Waals surface area contributed by atoms with Crippen LogP contribution in [0.15, 0.2) is 30.3 Å². The molecule has 1 rings (SSSR count). The van der Waals surface area contributed by atoms with Crippen LogP contribution in [0, 0.1) is 5.41 Å². The summed E-state index contributed by atoms with van der Waals surface area (Å²) in [6, 6.07) is 9.07. The van der Waals surface area contributed by atoms with Gasteiger partial charge in [0.1, 0.15) is 0 Å². The summed E-state index contributed by atoms with van der Waals surface area (Å²) in [5.74, 6) is 0. The lowest BCUT2D eigenvalue weighted by atomic mass is 9.86. The van der Waals surface area contributed by atoms with E-state index in [1.54, 1.807) is 0 Å². The lowest BCUT2D eigenvalue weighted by molar-refractivity contribution is -0.194. The van der Waals surface area contributed by atoms with Crippen LogP contribution in [0.5, 0.6) is 0 Å². The third kappa shape index (κ3) is 7.18. The Morgan fingerprint density at radius 2 is 1.68 bits per heavy atom. The predicted octanol–water partition coefficient (Wildman–Crippen LogP) is 4.25. The SMILES string of the molecule is CC(C)(C)CC(NOCC(F)(F)F)c1ccccc1. The molecule has 0 aromatic heterocycles. The topological polar surface area (TPSA) is 21.3 Å². The van der Waals surface area contributed by atoms with Crippen LogP contribution in [0.25, 0.3) is 0 Å². The lowest BCUT2D eigenvalue weighted by Gasteiger charge is -2.27. The molecule has 1 N–H and O–H groups in total. The highest BCUT2D eigenvalue weighted by atomic mass is 19.4. The molecule has 0 fully saturated rings. The Morgan fingerprint density at radius 1 is 1.11 bits per heavy atom. The van der Waals surface area contributed by atoms with Crippen molar-refractivity contribution in [3.05, 3.63) is 35.9 Å². The largest absolute Gasteiger partial charge is 0.413 e. The number of rotatable bonds is 5. The normalized spacial score (nSPS) is 14.4. The van der Waals surface area contributed by atoms with Gasteiger partial charge in [-0.05, 0) is 17.4 Å². The van der Waals surface area contributed by atoms with E-state index >= 15 is 0 Å². The van der Waals surface area contributed by atoms with Crippen molar-refractivity contribution in [2.24, 2.45) is 5.41 Å². The minimum atomic E-state index is -4.32. The zero-order valence-electron chi connectivity index (χ0n) is 11.4. The number of benzene rings is 1. The Bertz CT molecular complexity index is 371. The molecule has 1 atom stereocenters. The van der Waals surface area contributed by atoms with Crippen molar-refractivity contribution >= 4 is 0 Å². The van der Waals surface area contributed by atoms with Crippen molar-refractivity contribution < 1.29 is 18.0 Å². The second-order valence-corrected chi connectivity index (χ2v) is 5.75. The molecule has 0 saturated carbocycles. The monoisotopic (exact) mass is 275 g/mol. The highest BCUT2D eigenvalue weighted by molar-refractivity contribution is 5.18. The molecule has 0 bridgehead atoms. The molecule has 19 heavy (non-hydrogen) atoms. The van der Waals surface area contributed by atoms with Gasteiger partial charge >= 0.3 is 6.18 Å². The minimum absolute atomic E-state index is 0.0187. The molecular weight excluding hydrogens is 255 g/mol. The second-order valence-electron chi connectivity index (χ2n) is 5.75. The van der Waals surface area contributed by atoms with Gasteiger partial charge in [0.25, 0.3) is 0 Å². The smallest absolute Gasteiger partial charge is 0.292 e. The lowest BCUT2D eigenvalue weighted by Crippen LogP contribution is -2.30. The standard InChI is InChI=1S/C14H20F3NO/c1-13(2,3)9-12(11-7-5-4-6-8-11)18-19-10-14(15,16)17/h4-8,12,18H,9-10H2,1-3H3. The van der Waals surface area contributed by atoms with E-state index in [-0.39, 0.29) is 11.5 Å². The summed E-state index contributed by atoms with van der Waals surface area (Å²) in [5.41, 5.74) is 3.43. The van der Waals surface area contributed by atoms with Crippen molar-refractivity contribution in [1.82, 2.24) is 5.48 Å². The van der Waals surface area contributed by atoms with Crippen LogP contribution in [0.2, 0.25) is 0 Å². The molecule has 1 aromatic rings. The predicted molar refractivity (Wildman–Crippen MR) is 68.4 cm³/mol. The van der Waals surface area contributed by atoms with Crippen molar-refractivity contribution in [1.29, 1.82) is 0 Å². The number of nitrogens with one attached hydrogen (secondary N) is 1. The van der Waals surface area contributed by atoms with Gasteiger partial charge in [0, 0.05) is 0 Å². The van der Waals surface area contributed by atoms with Crippen LogP contribution in [0.3, 0.4) is 0 Å². The fraction of sp³-hybridized carbons (Fsp3) is 0.571. The number of alkyl halides is 3. The average Bonchev–Trinajstić information content (AvgIpc) is 2.25. The second kappa shape index (κ2) is 6.39. The van der Waals surface area contributed by atoms with Gasteiger partial charge in [-0.1, -0.05) is 51.1 Å². The van der Waals surface area contributed by atoms with Gasteiger partial charge in [-0.2, -0.15) is 18.7 Å². The summed E-state index contributed by atoms with van der Waals surface area (Å²) in [6.45, 7) is 4.82. The molecule has 108 valence electrons. The molecule has 0 saturated heterocycles. The van der Waals surface area contributed by atoms with Crippen LogP contribution < -0.4 is 5.48 Å². The Labute approximate surface area is 111 Å². The van der Waals surface area contributed by atoms with Crippen LogP contribution in [-0.2, 0) is 4.84 Å². The number of hydrogen-bond acceptors (Lipinski definition) is 2. The Morgan fingerprint density at radius 3 is 2.16 bits per heavy atom. The van der Waals surface area contributed by atoms with E-state index in [0.29, 0.717) is 6.42 Å². The molecule has 0 radical (unpaired) electrons. The van der Waals surface area contributed by atoms with Crippen molar-refractivity contribution in [3.8, 4) is 0 Å². The molecule has 0 aliphatic carbocycles. The molecule has 0 spiro atoms. The Hall–Kier alpha value is -1.07. The fourth-order valence-electron chi connectivity index (χ4n) is 1.75. The fourth-order valence-corrected chi connectivity index (χ4v) is 1.75. The maximum atomic E-state index is 12.1. The summed E-state index contributed by atoms with van der Waals surface area (Å²) in [5, 5.41) is 0. The van der Waals surface area contributed by atoms with E-state index < -0.39 is 12.8 Å². The highest BCUT2D eigenvalue weighted by Gasteiger charge is 2.29. The molecule has 0 heterocycles. The average molecular weight is 275 g/mol. The Balaban J connectivity index is 2.66. The molecule has 1 aromatic carbocycles. The van der Waals surface area contributed by atoms with Gasteiger partial charge in [-0.3, -0.25) is 4.84 Å². The van der Waals surface area contributed by atoms with Gasteiger partial charge in [0.2, 0.25) is 0 Å². The molecule has 0 aliphatic rings. The molecule has 0 aliphatic heterocycles. The summed E-state index contributed by atoms with van der Waals surface area (Å²) in [4.78, 5) is 4.59. The summed E-state index contributed by atoms with van der Waals surface area (Å²) in [7, 11) is 0. The molecule has 0 amide bonds. The van der Waals surface area contributed by atoms with E-state index in [0.717, 1.165) is 5.56 Å². The van der Waals surface area contributed by atoms with Crippen LogP contribution in [0.1, 0.15) is 38.8 Å². The van der Waals surface area contributed by atoms with Gasteiger partial charge in [0.05, 0.1) is 6.04 Å². The van der Waals surface area contributed by atoms with E-state index in [1.807, 2.05) is 51.1 Å². The highest BCUT2D eigenvalue weighted by Crippen LogP contribution is 2.29. The van der Waals surface area contributed by atoms with Crippen LogP contribution >= 0.6 is 0 Å². The molecule has 1 unspecified atom stereocenters. The maximum Gasteiger partial charge on any atom is 0.413 e. The first-order valence-corrected chi connectivity index (χ1v) is 6.16. The van der Waals surface area contributed by atoms with E-state index in [2.05, 4.69) is 10.3 Å². The molecular formula is C14H20F3NO. The van der Waals surface area contributed by atoms with E-state index in [9.17, 15) is 13.2 Å². The first kappa shape index (κ1) is 16.0. The third-order valence-electron chi connectivity index (χ3n) is 2.48. The van der Waals surface area contributed by atoms with Crippen molar-refractivity contribution in [2.75, 3.05) is 6.61 Å². The maximum absolute atomic E-state index is 12.1. The number of hydroxylamine groups is 1. The molecule has 5 heteroatoms. The summed E-state index contributed by atoms with van der Waals surface area (Å²) in [6.07, 6.45) is -3.65. The van der Waals surface area contributed by atoms with Gasteiger partial charge in [0.15, 0.2) is 6.61 Å². The van der Waals surface area contributed by atoms with Crippen molar-refractivity contribution in [2.45, 2.75) is 39.4 Å². The quantitative estimate of drug-likeness (QED) is 0.811. The van der Waals surface area contributed by atoms with Crippen LogP contribution in [0.4, 0.5) is 13.2 Å². The summed E-state index contributed by atoms with van der Waals surface area (Å²) >= 11 is 0. The van der Waals surface area contributed by atoms with E-state index in [1.165, 1.54) is 0 Å². The van der Waals surface area contributed by atoms with Gasteiger partial charge in [-0.25, -0.2) is 0 Å².